The first-order valence-electron chi connectivity index (χ1n) is 7.18. The number of tetrazole rings is 3. The summed E-state index contributed by atoms with van der Waals surface area (Å²) in [5, 5.41) is 37.9. The minimum atomic E-state index is -4.32. The summed E-state index contributed by atoms with van der Waals surface area (Å²) >= 11 is -4.32. The maximum atomic E-state index is 12.0. The van der Waals surface area contributed by atoms with Crippen molar-refractivity contribution in [3.05, 3.63) is 17.5 Å². The summed E-state index contributed by atoms with van der Waals surface area (Å²) in [6, 6.07) is 0. The Labute approximate surface area is 162 Å². The van der Waals surface area contributed by atoms with Gasteiger partial charge < -0.3 is 0 Å². The van der Waals surface area contributed by atoms with E-state index in [1.165, 1.54) is 0 Å². The molecule has 0 radical (unpaired) electrons. The van der Waals surface area contributed by atoms with Gasteiger partial charge in [0.25, 0.3) is 0 Å². The molecule has 28 heavy (non-hydrogen) atoms. The number of hydrogen-bond acceptors (Lipinski definition) is 15. The van der Waals surface area contributed by atoms with E-state index in [2.05, 4.69) is 61.9 Å². The maximum absolute atomic E-state index is 12.0. The molecule has 0 aliphatic rings. The van der Waals surface area contributed by atoms with E-state index in [1.54, 1.807) is 0 Å². The van der Waals surface area contributed by atoms with Gasteiger partial charge in [0.05, 0.1) is 0 Å². The van der Waals surface area contributed by atoms with E-state index >= 15 is 0 Å². The minimum absolute atomic E-state index is 0.0465. The van der Waals surface area contributed by atoms with Crippen molar-refractivity contribution in [1.29, 1.82) is 0 Å². The van der Waals surface area contributed by atoms with E-state index < -0.39 is 41.0 Å². The molecule has 146 valence electrons. The van der Waals surface area contributed by atoms with Crippen LogP contribution in [-0.4, -0.2) is 103 Å². The molecule has 0 saturated carbocycles. The van der Waals surface area contributed by atoms with Gasteiger partial charge in [-0.05, 0) is 0 Å². The van der Waals surface area contributed by atoms with Gasteiger partial charge in [-0.1, -0.05) is 0 Å². The second-order valence-electron chi connectivity index (χ2n) is 4.63. The van der Waals surface area contributed by atoms with Gasteiger partial charge in [-0.15, -0.1) is 0 Å². The zero-order valence-electron chi connectivity index (χ0n) is 13.5. The summed E-state index contributed by atoms with van der Waals surface area (Å²) in [6.07, 6.45) is -1.10. The van der Waals surface area contributed by atoms with Gasteiger partial charge >= 0.3 is 162 Å². The number of rotatable bonds is 9. The summed E-state index contributed by atoms with van der Waals surface area (Å²) in [5.41, 5.74) is 0. The standard InChI is InChI=1S/3C3H4N4O2.Bi/c3*8-3(9)1-2-4-6-7-5-2;/h3*1H2,(H,8,9)(H,4,5,6,7);/q;;;+3/p-3. The van der Waals surface area contributed by atoms with Crippen LogP contribution in [-0.2, 0) is 42.1 Å². The van der Waals surface area contributed by atoms with Crippen molar-refractivity contribution in [3.8, 4) is 0 Å². The molecular weight excluding hydrogens is 581 g/mol. The first-order chi connectivity index (χ1) is 13.6. The van der Waals surface area contributed by atoms with Gasteiger partial charge in [-0.3, -0.25) is 0 Å². The summed E-state index contributed by atoms with van der Waals surface area (Å²) in [5.74, 6) is -2.45. The number of H-pyrrole nitrogens is 3. The Kier molecular flexibility index (Phi) is 6.50. The molecule has 18 nitrogen and oxygen atoms in total. The predicted octanol–water partition coefficient (Wildman–Crippen LogP) is -4.13. The predicted molar refractivity (Wildman–Crippen MR) is 77.7 cm³/mol. The number of carbonyl (C=O) groups is 3. The van der Waals surface area contributed by atoms with Crippen molar-refractivity contribution in [1.82, 2.24) is 61.9 Å². The fraction of sp³-hybridized carbons (Fsp3) is 0.333. The zero-order chi connectivity index (χ0) is 19.8. The molecule has 0 aliphatic carbocycles. The molecule has 0 saturated heterocycles. The van der Waals surface area contributed by atoms with Crippen LogP contribution in [0.2, 0.25) is 0 Å². The molecule has 0 fully saturated rings. The van der Waals surface area contributed by atoms with Crippen LogP contribution in [0.3, 0.4) is 0 Å². The Hall–Kier alpha value is -3.50. The summed E-state index contributed by atoms with van der Waals surface area (Å²) < 4.78 is 15.1. The van der Waals surface area contributed by atoms with E-state index in [-0.39, 0.29) is 36.7 Å². The monoisotopic (exact) mass is 590 g/mol. The zero-order valence-corrected chi connectivity index (χ0v) is 17.0. The molecule has 0 aromatic carbocycles. The summed E-state index contributed by atoms with van der Waals surface area (Å²) in [6.45, 7) is 0. The Morgan fingerprint density at radius 3 is 1.21 bits per heavy atom. The van der Waals surface area contributed by atoms with Gasteiger partial charge in [0, 0.05) is 0 Å². The molecule has 0 amide bonds. The topological polar surface area (TPSA) is 242 Å². The molecule has 3 aromatic heterocycles. The Balaban J connectivity index is 1.59. The van der Waals surface area contributed by atoms with Gasteiger partial charge in [0.2, 0.25) is 0 Å². The van der Waals surface area contributed by atoms with Gasteiger partial charge in [0.1, 0.15) is 0 Å². The summed E-state index contributed by atoms with van der Waals surface area (Å²) in [4.78, 5) is 35.9. The van der Waals surface area contributed by atoms with Crippen molar-refractivity contribution in [2.24, 2.45) is 0 Å². The van der Waals surface area contributed by atoms with E-state index in [0.717, 1.165) is 0 Å². The number of nitrogens with one attached hydrogen (secondary N) is 3. The van der Waals surface area contributed by atoms with Crippen LogP contribution in [0.1, 0.15) is 17.5 Å². The number of aromatic amines is 3. The van der Waals surface area contributed by atoms with Crippen molar-refractivity contribution in [2.45, 2.75) is 19.3 Å². The second kappa shape index (κ2) is 9.44. The normalized spacial score (nSPS) is 10.6. The SMILES string of the molecule is O=C(Cc1nn[nH]n1)[O][Bi]([O]C(=O)Cc1nn[nH]n1)[O]C(=O)Cc1nn[nH]n1. The molecule has 0 unspecified atom stereocenters. The second-order valence-corrected chi connectivity index (χ2v) is 8.50. The third-order valence-corrected chi connectivity index (χ3v) is 6.72. The van der Waals surface area contributed by atoms with Crippen LogP contribution in [0.25, 0.3) is 0 Å². The Morgan fingerprint density at radius 1 is 0.643 bits per heavy atom. The van der Waals surface area contributed by atoms with Crippen LogP contribution in [0.4, 0.5) is 0 Å². The molecule has 3 rings (SSSR count). The van der Waals surface area contributed by atoms with Crippen LogP contribution in [0, 0.1) is 0 Å². The molecule has 3 heterocycles. The average molecular weight is 590 g/mol. The fourth-order valence-corrected chi connectivity index (χ4v) is 4.69. The van der Waals surface area contributed by atoms with Crippen LogP contribution in [0.15, 0.2) is 0 Å². The molecule has 0 spiro atoms. The van der Waals surface area contributed by atoms with Gasteiger partial charge in [0.15, 0.2) is 0 Å². The number of nitrogens with zero attached hydrogens (tertiary/aromatic N) is 9. The number of hydrogen-bond donors (Lipinski definition) is 3. The average Bonchev–Trinajstić information content (AvgIpc) is 3.37. The molecule has 3 aromatic rings. The van der Waals surface area contributed by atoms with E-state index in [9.17, 15) is 14.4 Å². The van der Waals surface area contributed by atoms with E-state index in [1.807, 2.05) is 0 Å². The molecule has 0 aliphatic heterocycles. The molecule has 19 heteroatoms. The molecular formula is C9H9BiN12O6. The van der Waals surface area contributed by atoms with E-state index in [4.69, 9.17) is 8.44 Å². The Morgan fingerprint density at radius 2 is 0.964 bits per heavy atom. The van der Waals surface area contributed by atoms with Crippen LogP contribution in [0.5, 0.6) is 0 Å². The Bertz CT molecular complexity index is 779. The fourth-order valence-electron chi connectivity index (χ4n) is 1.56. The molecule has 0 bridgehead atoms. The molecule has 3 N–H and O–H groups in total. The quantitative estimate of drug-likeness (QED) is 0.201. The molecule has 0 atom stereocenters. The van der Waals surface area contributed by atoms with Gasteiger partial charge in [-0.25, -0.2) is 0 Å². The van der Waals surface area contributed by atoms with Crippen molar-refractivity contribution < 1.29 is 22.8 Å². The number of carbonyl (C=O) groups excluding carboxylic acids is 3. The third-order valence-electron chi connectivity index (χ3n) is 2.60. The van der Waals surface area contributed by atoms with Crippen molar-refractivity contribution in [2.75, 3.05) is 0 Å². The van der Waals surface area contributed by atoms with E-state index in [0.29, 0.717) is 0 Å². The first kappa shape index (κ1) is 19.3. The first-order valence-corrected chi connectivity index (χ1v) is 11.4. The third kappa shape index (κ3) is 6.04. The number of aromatic nitrogens is 12. The van der Waals surface area contributed by atoms with Crippen molar-refractivity contribution in [3.63, 3.8) is 0 Å². The van der Waals surface area contributed by atoms with Crippen molar-refractivity contribution >= 4 is 41.0 Å². The van der Waals surface area contributed by atoms with Crippen LogP contribution >= 0.6 is 0 Å². The van der Waals surface area contributed by atoms with Gasteiger partial charge in [-0.2, -0.15) is 0 Å². The summed E-state index contributed by atoms with van der Waals surface area (Å²) in [7, 11) is 0. The van der Waals surface area contributed by atoms with Crippen LogP contribution < -0.4 is 0 Å².